The van der Waals surface area contributed by atoms with E-state index in [1.165, 1.54) is 0 Å². The number of hydrogen-bond donors (Lipinski definition) is 0. The second-order valence-electron chi connectivity index (χ2n) is 3.06. The van der Waals surface area contributed by atoms with Crippen LogP contribution in [-0.2, 0) is 13.0 Å². The average molecular weight is 181 g/mol. The van der Waals surface area contributed by atoms with Crippen molar-refractivity contribution in [3.63, 3.8) is 0 Å². The fourth-order valence-electron chi connectivity index (χ4n) is 0.891. The van der Waals surface area contributed by atoms with Gasteiger partial charge in [-0.2, -0.15) is 0 Å². The maximum Gasteiger partial charge on any atom is 0.158 e. The molecular formula is C9H15N3O. The van der Waals surface area contributed by atoms with Gasteiger partial charge in [-0.25, -0.2) is 0 Å². The molecule has 0 aliphatic heterocycles. The third-order valence-corrected chi connectivity index (χ3v) is 1.53. The molecule has 0 aliphatic carbocycles. The lowest BCUT2D eigenvalue weighted by molar-refractivity contribution is 0.379. The minimum absolute atomic E-state index is 0.561. The maximum atomic E-state index is 5.06. The maximum absolute atomic E-state index is 5.06. The highest BCUT2D eigenvalue weighted by Crippen LogP contribution is 2.04. The molecule has 0 aliphatic rings. The molecule has 1 rings (SSSR count). The summed E-state index contributed by atoms with van der Waals surface area (Å²) in [6, 6.07) is 1.94. The van der Waals surface area contributed by atoms with Crippen LogP contribution in [0.3, 0.4) is 0 Å². The molecule has 0 saturated carbocycles. The van der Waals surface area contributed by atoms with Gasteiger partial charge < -0.3 is 9.42 Å². The molecule has 0 saturated heterocycles. The van der Waals surface area contributed by atoms with Crippen LogP contribution in [0.2, 0.25) is 0 Å². The molecule has 0 amide bonds. The van der Waals surface area contributed by atoms with Gasteiger partial charge in [-0.15, -0.1) is 0 Å². The van der Waals surface area contributed by atoms with Gasteiger partial charge >= 0.3 is 0 Å². The summed E-state index contributed by atoms with van der Waals surface area (Å²) in [5.74, 6) is 0.815. The van der Waals surface area contributed by atoms with E-state index < -0.39 is 0 Å². The molecule has 4 heteroatoms. The van der Waals surface area contributed by atoms with Crippen molar-refractivity contribution in [2.45, 2.75) is 19.9 Å². The molecule has 72 valence electrons. The number of aryl methyl sites for hydroxylation is 1. The van der Waals surface area contributed by atoms with Crippen LogP contribution in [0.5, 0.6) is 0 Å². The largest absolute Gasteiger partial charge is 0.369 e. The van der Waals surface area contributed by atoms with Gasteiger partial charge in [0.2, 0.25) is 0 Å². The molecule has 0 bridgehead atoms. The lowest BCUT2D eigenvalue weighted by atomic mass is 10.3. The van der Waals surface area contributed by atoms with Crippen LogP contribution in [0, 0.1) is 0 Å². The highest BCUT2D eigenvalue weighted by molar-refractivity contribution is 5.53. The van der Waals surface area contributed by atoms with Crippen LogP contribution in [0.15, 0.2) is 15.6 Å². The van der Waals surface area contributed by atoms with E-state index >= 15 is 0 Å². The zero-order valence-electron chi connectivity index (χ0n) is 8.32. The summed E-state index contributed by atoms with van der Waals surface area (Å²) in [7, 11) is 3.86. The Labute approximate surface area is 78.2 Å². The predicted octanol–water partition coefficient (Wildman–Crippen LogP) is 1.33. The SMILES string of the molecule is CCc1cc(CN=CN(C)C)on1. The van der Waals surface area contributed by atoms with Crippen LogP contribution in [0.1, 0.15) is 18.4 Å². The van der Waals surface area contributed by atoms with Gasteiger partial charge in [0, 0.05) is 20.2 Å². The Morgan fingerprint density at radius 3 is 2.92 bits per heavy atom. The Morgan fingerprint density at radius 1 is 1.62 bits per heavy atom. The van der Waals surface area contributed by atoms with Crippen molar-refractivity contribution in [3.05, 3.63) is 17.5 Å². The second-order valence-corrected chi connectivity index (χ2v) is 3.06. The Balaban J connectivity index is 2.45. The Hall–Kier alpha value is -1.32. The predicted molar refractivity (Wildman–Crippen MR) is 51.8 cm³/mol. The third kappa shape index (κ3) is 3.27. The van der Waals surface area contributed by atoms with Crippen molar-refractivity contribution in [1.29, 1.82) is 0 Å². The molecule has 0 unspecified atom stereocenters. The Morgan fingerprint density at radius 2 is 2.38 bits per heavy atom. The van der Waals surface area contributed by atoms with Gasteiger partial charge in [-0.05, 0) is 6.42 Å². The Bertz CT molecular complexity index is 278. The van der Waals surface area contributed by atoms with Gasteiger partial charge in [-0.3, -0.25) is 4.99 Å². The minimum Gasteiger partial charge on any atom is -0.369 e. The van der Waals surface area contributed by atoms with E-state index in [1.54, 1.807) is 6.34 Å². The van der Waals surface area contributed by atoms with Gasteiger partial charge in [0.25, 0.3) is 0 Å². The topological polar surface area (TPSA) is 41.6 Å². The first-order valence-electron chi connectivity index (χ1n) is 4.33. The van der Waals surface area contributed by atoms with Crippen molar-refractivity contribution in [3.8, 4) is 0 Å². The molecule has 0 atom stereocenters. The monoisotopic (exact) mass is 181 g/mol. The van der Waals surface area contributed by atoms with Crippen molar-refractivity contribution < 1.29 is 4.52 Å². The van der Waals surface area contributed by atoms with Crippen molar-refractivity contribution >= 4 is 6.34 Å². The average Bonchev–Trinajstić information content (AvgIpc) is 2.52. The Kier molecular flexibility index (Phi) is 3.49. The zero-order valence-corrected chi connectivity index (χ0v) is 8.32. The highest BCUT2D eigenvalue weighted by atomic mass is 16.5. The smallest absolute Gasteiger partial charge is 0.158 e. The number of rotatable bonds is 4. The molecule has 1 aromatic heterocycles. The molecule has 0 aromatic carbocycles. The van der Waals surface area contributed by atoms with Crippen LogP contribution in [-0.4, -0.2) is 30.5 Å². The van der Waals surface area contributed by atoms with E-state index in [1.807, 2.05) is 32.0 Å². The lowest BCUT2D eigenvalue weighted by Gasteiger charge is -2.00. The first kappa shape index (κ1) is 9.77. The summed E-state index contributed by atoms with van der Waals surface area (Å²) in [4.78, 5) is 6.04. The second kappa shape index (κ2) is 4.64. The van der Waals surface area contributed by atoms with Crippen LogP contribution in [0.4, 0.5) is 0 Å². The summed E-state index contributed by atoms with van der Waals surface area (Å²) in [6.45, 7) is 2.61. The number of hydrogen-bond acceptors (Lipinski definition) is 3. The number of aliphatic imine (C=N–C) groups is 1. The quantitative estimate of drug-likeness (QED) is 0.519. The summed E-state index contributed by atoms with van der Waals surface area (Å²) < 4.78 is 5.06. The van der Waals surface area contributed by atoms with Crippen molar-refractivity contribution in [1.82, 2.24) is 10.1 Å². The van der Waals surface area contributed by atoms with Gasteiger partial charge in [0.1, 0.15) is 6.54 Å². The molecule has 0 fully saturated rings. The highest BCUT2D eigenvalue weighted by Gasteiger charge is 1.99. The van der Waals surface area contributed by atoms with Gasteiger partial charge in [0.15, 0.2) is 5.76 Å². The van der Waals surface area contributed by atoms with Gasteiger partial charge in [0.05, 0.1) is 12.0 Å². The van der Waals surface area contributed by atoms with E-state index in [9.17, 15) is 0 Å². The van der Waals surface area contributed by atoms with Gasteiger partial charge in [-0.1, -0.05) is 12.1 Å². The molecule has 0 N–H and O–H groups in total. The van der Waals surface area contributed by atoms with E-state index in [-0.39, 0.29) is 0 Å². The fraction of sp³-hybridized carbons (Fsp3) is 0.556. The molecule has 4 nitrogen and oxygen atoms in total. The first-order chi connectivity index (χ1) is 6.22. The summed E-state index contributed by atoms with van der Waals surface area (Å²) in [5.41, 5.74) is 0.982. The van der Waals surface area contributed by atoms with E-state index in [0.717, 1.165) is 17.9 Å². The molecule has 0 radical (unpaired) electrons. The minimum atomic E-state index is 0.561. The number of nitrogens with zero attached hydrogens (tertiary/aromatic N) is 3. The standard InChI is InChI=1S/C9H15N3O/c1-4-8-5-9(13-11-8)6-10-7-12(2)3/h5,7H,4,6H2,1-3H3. The normalized spacial score (nSPS) is 11.0. The molecule has 1 heterocycles. The van der Waals surface area contributed by atoms with Crippen LogP contribution in [0.25, 0.3) is 0 Å². The van der Waals surface area contributed by atoms with E-state index in [4.69, 9.17) is 4.52 Å². The third-order valence-electron chi connectivity index (χ3n) is 1.53. The van der Waals surface area contributed by atoms with Crippen molar-refractivity contribution in [2.75, 3.05) is 14.1 Å². The van der Waals surface area contributed by atoms with E-state index in [0.29, 0.717) is 6.54 Å². The van der Waals surface area contributed by atoms with Crippen LogP contribution >= 0.6 is 0 Å². The number of aromatic nitrogens is 1. The van der Waals surface area contributed by atoms with Crippen LogP contribution < -0.4 is 0 Å². The summed E-state index contributed by atoms with van der Waals surface area (Å²) in [5, 5.41) is 3.87. The summed E-state index contributed by atoms with van der Waals surface area (Å²) in [6.07, 6.45) is 2.66. The molecular weight excluding hydrogens is 166 g/mol. The molecule has 13 heavy (non-hydrogen) atoms. The van der Waals surface area contributed by atoms with E-state index in [2.05, 4.69) is 10.1 Å². The summed E-state index contributed by atoms with van der Waals surface area (Å²) >= 11 is 0. The molecule has 0 spiro atoms. The fourth-order valence-corrected chi connectivity index (χ4v) is 0.891. The zero-order chi connectivity index (χ0) is 9.68. The first-order valence-corrected chi connectivity index (χ1v) is 4.33. The lowest BCUT2D eigenvalue weighted by Crippen LogP contribution is -2.07. The molecule has 1 aromatic rings. The van der Waals surface area contributed by atoms with Crippen molar-refractivity contribution in [2.24, 2.45) is 4.99 Å².